The zero-order valence-corrected chi connectivity index (χ0v) is 16.1. The highest BCUT2D eigenvalue weighted by atomic mass is 35.5. The van der Waals surface area contributed by atoms with E-state index in [0.29, 0.717) is 22.8 Å². The Bertz CT molecular complexity index is 600. The highest BCUT2D eigenvalue weighted by molar-refractivity contribution is 7.91. The summed E-state index contributed by atoms with van der Waals surface area (Å²) in [6.07, 6.45) is 1.02. The van der Waals surface area contributed by atoms with Gasteiger partial charge in [-0.15, -0.1) is 11.3 Å². The van der Waals surface area contributed by atoms with Crippen LogP contribution in [0.15, 0.2) is 21.3 Å². The number of hydrogen-bond donors (Lipinski definition) is 3. The molecular formula is C14H25ClN4O2S2. The molecule has 1 rings (SSSR count). The molecule has 23 heavy (non-hydrogen) atoms. The largest absolute Gasteiger partial charge is 0.357 e. The molecule has 6 nitrogen and oxygen atoms in total. The molecule has 0 aliphatic heterocycles. The first kappa shape index (κ1) is 20.2. The fourth-order valence-electron chi connectivity index (χ4n) is 1.66. The average molecular weight is 381 g/mol. The Hall–Kier alpha value is -0.830. The summed E-state index contributed by atoms with van der Waals surface area (Å²) in [6.45, 7) is 8.52. The summed E-state index contributed by atoms with van der Waals surface area (Å²) in [5.41, 5.74) is 0. The number of rotatable bonds is 9. The molecule has 1 heterocycles. The van der Waals surface area contributed by atoms with Crippen LogP contribution in [0.1, 0.15) is 27.2 Å². The summed E-state index contributed by atoms with van der Waals surface area (Å²) in [5.74, 6) is 1.30. The summed E-state index contributed by atoms with van der Waals surface area (Å²) in [4.78, 5) is 4.45. The topological polar surface area (TPSA) is 82.6 Å². The number of sulfonamides is 1. The van der Waals surface area contributed by atoms with Crippen molar-refractivity contribution in [2.45, 2.75) is 31.4 Å². The van der Waals surface area contributed by atoms with Crippen molar-refractivity contribution in [1.29, 1.82) is 0 Å². The fraction of sp³-hybridized carbons (Fsp3) is 0.643. The zero-order chi connectivity index (χ0) is 17.3. The first-order valence-corrected chi connectivity index (χ1v) is 10.3. The lowest BCUT2D eigenvalue weighted by atomic mass is 10.1. The van der Waals surface area contributed by atoms with E-state index in [0.717, 1.165) is 30.8 Å². The molecule has 0 aromatic carbocycles. The standard InChI is InChI=1S/C14H25ClN4O2S2/c1-4-16-14(17-8-7-11(2)3)18-9-10-19-23(20,21)13-6-5-12(15)22-13/h5-6,11,19H,4,7-10H2,1-3H3,(H2,16,17,18). The Labute approximate surface area is 147 Å². The van der Waals surface area contributed by atoms with Gasteiger partial charge in [-0.2, -0.15) is 0 Å². The minimum atomic E-state index is -3.49. The fourth-order valence-corrected chi connectivity index (χ4v) is 4.21. The van der Waals surface area contributed by atoms with Gasteiger partial charge in [-0.1, -0.05) is 25.4 Å². The van der Waals surface area contributed by atoms with Crippen molar-refractivity contribution in [1.82, 2.24) is 15.4 Å². The Morgan fingerprint density at radius 2 is 2.04 bits per heavy atom. The van der Waals surface area contributed by atoms with Crippen molar-refractivity contribution in [3.8, 4) is 0 Å². The second-order valence-corrected chi connectivity index (χ2v) is 9.04. The molecule has 0 atom stereocenters. The van der Waals surface area contributed by atoms with Crippen LogP contribution in [0.4, 0.5) is 0 Å². The van der Waals surface area contributed by atoms with Gasteiger partial charge in [-0.3, -0.25) is 4.99 Å². The van der Waals surface area contributed by atoms with E-state index < -0.39 is 10.0 Å². The van der Waals surface area contributed by atoms with Gasteiger partial charge in [0, 0.05) is 26.2 Å². The number of nitrogens with zero attached hydrogens (tertiary/aromatic N) is 1. The molecule has 1 aromatic heterocycles. The van der Waals surface area contributed by atoms with Crippen LogP contribution in [0, 0.1) is 5.92 Å². The predicted molar refractivity (Wildman–Crippen MR) is 98.0 cm³/mol. The van der Waals surface area contributed by atoms with Crippen LogP contribution in [-0.2, 0) is 10.0 Å². The molecule has 0 unspecified atom stereocenters. The van der Waals surface area contributed by atoms with Crippen molar-refractivity contribution < 1.29 is 8.42 Å². The van der Waals surface area contributed by atoms with Gasteiger partial charge in [0.2, 0.25) is 10.0 Å². The van der Waals surface area contributed by atoms with Gasteiger partial charge in [0.05, 0.1) is 4.34 Å². The molecule has 0 fully saturated rings. The molecule has 9 heteroatoms. The van der Waals surface area contributed by atoms with Crippen molar-refractivity contribution in [3.05, 3.63) is 16.5 Å². The summed E-state index contributed by atoms with van der Waals surface area (Å²) in [7, 11) is -3.49. The van der Waals surface area contributed by atoms with E-state index in [1.807, 2.05) is 6.92 Å². The molecular weight excluding hydrogens is 356 g/mol. The maximum absolute atomic E-state index is 12.0. The molecule has 0 spiro atoms. The normalized spacial score (nSPS) is 12.7. The smallest absolute Gasteiger partial charge is 0.250 e. The molecule has 0 saturated carbocycles. The number of nitrogens with one attached hydrogen (secondary N) is 3. The maximum atomic E-state index is 12.0. The first-order valence-electron chi connectivity index (χ1n) is 7.62. The number of hydrogen-bond acceptors (Lipinski definition) is 4. The van der Waals surface area contributed by atoms with Gasteiger partial charge < -0.3 is 10.6 Å². The number of halogens is 1. The Kier molecular flexibility index (Phi) is 8.90. The Morgan fingerprint density at radius 1 is 1.30 bits per heavy atom. The second kappa shape index (κ2) is 10.1. The monoisotopic (exact) mass is 380 g/mol. The highest BCUT2D eigenvalue weighted by Gasteiger charge is 2.15. The lowest BCUT2D eigenvalue weighted by Crippen LogP contribution is -2.41. The van der Waals surface area contributed by atoms with Crippen LogP contribution < -0.4 is 15.4 Å². The van der Waals surface area contributed by atoms with E-state index >= 15 is 0 Å². The lowest BCUT2D eigenvalue weighted by Gasteiger charge is -2.12. The van der Waals surface area contributed by atoms with Gasteiger partial charge in [0.15, 0.2) is 5.96 Å². The number of guanidine groups is 1. The SMILES string of the molecule is CCNC(=NCCC(C)C)NCCNS(=O)(=O)c1ccc(Cl)s1. The van der Waals surface area contributed by atoms with Gasteiger partial charge in [-0.05, 0) is 31.4 Å². The molecule has 0 amide bonds. The minimum Gasteiger partial charge on any atom is -0.357 e. The molecule has 1 aromatic rings. The zero-order valence-electron chi connectivity index (χ0n) is 13.7. The quantitative estimate of drug-likeness (QED) is 0.348. The number of thiophene rings is 1. The molecule has 3 N–H and O–H groups in total. The minimum absolute atomic E-state index is 0.222. The van der Waals surface area contributed by atoms with Crippen LogP contribution in [-0.4, -0.2) is 40.6 Å². The summed E-state index contributed by atoms with van der Waals surface area (Å²) < 4.78 is 27.3. The van der Waals surface area contributed by atoms with Crippen LogP contribution in [0.25, 0.3) is 0 Å². The van der Waals surface area contributed by atoms with Gasteiger partial charge in [-0.25, -0.2) is 13.1 Å². The molecule has 0 aliphatic carbocycles. The third-order valence-corrected chi connectivity index (χ3v) is 6.03. The van der Waals surface area contributed by atoms with E-state index in [-0.39, 0.29) is 10.8 Å². The summed E-state index contributed by atoms with van der Waals surface area (Å²) in [6, 6.07) is 3.07. The van der Waals surface area contributed by atoms with Crippen molar-refractivity contribution >= 4 is 38.9 Å². The van der Waals surface area contributed by atoms with E-state index in [9.17, 15) is 8.42 Å². The van der Waals surface area contributed by atoms with Crippen LogP contribution in [0.2, 0.25) is 4.34 Å². The van der Waals surface area contributed by atoms with Gasteiger partial charge in [0.25, 0.3) is 0 Å². The highest BCUT2D eigenvalue weighted by Crippen LogP contribution is 2.25. The molecule has 132 valence electrons. The van der Waals surface area contributed by atoms with Crippen molar-refractivity contribution in [2.24, 2.45) is 10.9 Å². The maximum Gasteiger partial charge on any atom is 0.250 e. The molecule has 0 bridgehead atoms. The second-order valence-electron chi connectivity index (χ2n) is 5.33. The van der Waals surface area contributed by atoms with Crippen molar-refractivity contribution in [2.75, 3.05) is 26.2 Å². The summed E-state index contributed by atoms with van der Waals surface area (Å²) >= 11 is 6.80. The van der Waals surface area contributed by atoms with E-state index in [2.05, 4.69) is 34.2 Å². The molecule has 0 radical (unpaired) electrons. The molecule has 0 saturated heterocycles. The van der Waals surface area contributed by atoms with Crippen LogP contribution >= 0.6 is 22.9 Å². The first-order chi connectivity index (χ1) is 10.8. The average Bonchev–Trinajstić information content (AvgIpc) is 2.90. The van der Waals surface area contributed by atoms with E-state index in [1.165, 1.54) is 6.07 Å². The van der Waals surface area contributed by atoms with E-state index in [4.69, 9.17) is 11.6 Å². The van der Waals surface area contributed by atoms with Crippen LogP contribution in [0.3, 0.4) is 0 Å². The predicted octanol–water partition coefficient (Wildman–Crippen LogP) is 2.28. The third-order valence-electron chi connectivity index (χ3n) is 2.84. The lowest BCUT2D eigenvalue weighted by molar-refractivity contribution is 0.581. The third kappa shape index (κ3) is 8.01. The molecule has 0 aliphatic rings. The van der Waals surface area contributed by atoms with Crippen LogP contribution in [0.5, 0.6) is 0 Å². The van der Waals surface area contributed by atoms with Gasteiger partial charge in [0.1, 0.15) is 4.21 Å². The van der Waals surface area contributed by atoms with E-state index in [1.54, 1.807) is 6.07 Å². The van der Waals surface area contributed by atoms with Gasteiger partial charge >= 0.3 is 0 Å². The summed E-state index contributed by atoms with van der Waals surface area (Å²) in [5, 5.41) is 6.25. The Balaban J connectivity index is 2.41. The van der Waals surface area contributed by atoms with Crippen molar-refractivity contribution in [3.63, 3.8) is 0 Å². The number of aliphatic imine (C=N–C) groups is 1. The Morgan fingerprint density at radius 3 is 2.61 bits per heavy atom.